The lowest BCUT2D eigenvalue weighted by Crippen LogP contribution is -2.58. The Morgan fingerprint density at radius 1 is 0.882 bits per heavy atom. The van der Waals surface area contributed by atoms with Gasteiger partial charge in [0.1, 0.15) is 0 Å². The van der Waals surface area contributed by atoms with Crippen molar-refractivity contribution in [3.8, 4) is 0 Å². The van der Waals surface area contributed by atoms with E-state index in [0.29, 0.717) is 19.0 Å². The first-order valence-corrected chi connectivity index (χ1v) is 13.1. The highest BCUT2D eigenvalue weighted by Gasteiger charge is 2.38. The number of benzene rings is 2. The number of amides is 2. The molecule has 2 amide bonds. The highest BCUT2D eigenvalue weighted by molar-refractivity contribution is 5.95. The maximum Gasteiger partial charge on any atom is 0.254 e. The Hall–Kier alpha value is -2.66. The summed E-state index contributed by atoms with van der Waals surface area (Å²) in [6.07, 6.45) is 7.92. The van der Waals surface area contributed by atoms with E-state index in [4.69, 9.17) is 0 Å². The Morgan fingerprint density at radius 3 is 2.35 bits per heavy atom. The number of carbonyl (C=O) groups excluding carboxylic acids is 2. The highest BCUT2D eigenvalue weighted by Crippen LogP contribution is 2.33. The number of aryl methyl sites for hydroxylation is 2. The highest BCUT2D eigenvalue weighted by atomic mass is 16.2. The molecule has 34 heavy (non-hydrogen) atoms. The molecule has 5 rings (SSSR count). The number of piperazine rings is 1. The van der Waals surface area contributed by atoms with Gasteiger partial charge in [-0.05, 0) is 67.7 Å². The molecule has 2 aromatic carbocycles. The number of carbonyl (C=O) groups is 2. The zero-order valence-corrected chi connectivity index (χ0v) is 20.3. The SMILES string of the molecule is Cc1ccccc1C(=O)N1CCN([C@H](C(=O)N[C@H]2CCCc3ccccc32)C2CCCC2)CC1. The van der Waals surface area contributed by atoms with Gasteiger partial charge in [-0.1, -0.05) is 55.3 Å². The maximum atomic E-state index is 13.8. The van der Waals surface area contributed by atoms with Crippen molar-refractivity contribution in [1.29, 1.82) is 0 Å². The van der Waals surface area contributed by atoms with Crippen LogP contribution in [0, 0.1) is 12.8 Å². The van der Waals surface area contributed by atoms with Crippen LogP contribution >= 0.6 is 0 Å². The summed E-state index contributed by atoms with van der Waals surface area (Å²) in [4.78, 5) is 31.2. The van der Waals surface area contributed by atoms with Gasteiger partial charge in [-0.3, -0.25) is 14.5 Å². The molecule has 5 heteroatoms. The number of hydrogen-bond donors (Lipinski definition) is 1. The third kappa shape index (κ3) is 4.76. The minimum Gasteiger partial charge on any atom is -0.348 e. The van der Waals surface area contributed by atoms with Gasteiger partial charge in [-0.25, -0.2) is 0 Å². The molecule has 2 atom stereocenters. The van der Waals surface area contributed by atoms with Crippen LogP contribution in [-0.2, 0) is 11.2 Å². The number of hydrogen-bond acceptors (Lipinski definition) is 3. The van der Waals surface area contributed by atoms with Crippen molar-refractivity contribution >= 4 is 11.8 Å². The number of nitrogens with zero attached hydrogens (tertiary/aromatic N) is 2. The second-order valence-corrected chi connectivity index (χ2v) is 10.3. The average molecular weight is 460 g/mol. The molecule has 0 bridgehead atoms. The summed E-state index contributed by atoms with van der Waals surface area (Å²) < 4.78 is 0. The van der Waals surface area contributed by atoms with Crippen LogP contribution in [0.3, 0.4) is 0 Å². The molecule has 3 aliphatic rings. The summed E-state index contributed by atoms with van der Waals surface area (Å²) >= 11 is 0. The lowest BCUT2D eigenvalue weighted by atomic mass is 9.87. The van der Waals surface area contributed by atoms with Crippen molar-refractivity contribution in [2.75, 3.05) is 26.2 Å². The van der Waals surface area contributed by atoms with Crippen molar-refractivity contribution in [1.82, 2.24) is 15.1 Å². The van der Waals surface area contributed by atoms with E-state index in [-0.39, 0.29) is 23.9 Å². The lowest BCUT2D eigenvalue weighted by Gasteiger charge is -2.41. The minimum atomic E-state index is -0.0905. The third-order valence-corrected chi connectivity index (χ3v) is 8.17. The molecular formula is C29H37N3O2. The molecular weight excluding hydrogens is 422 g/mol. The number of rotatable bonds is 5. The van der Waals surface area contributed by atoms with Gasteiger partial charge in [-0.15, -0.1) is 0 Å². The van der Waals surface area contributed by atoms with Gasteiger partial charge in [0, 0.05) is 31.7 Å². The fourth-order valence-electron chi connectivity index (χ4n) is 6.30. The van der Waals surface area contributed by atoms with Crippen molar-refractivity contribution in [3.05, 3.63) is 70.8 Å². The summed E-state index contributed by atoms with van der Waals surface area (Å²) in [5.41, 5.74) is 4.48. The van der Waals surface area contributed by atoms with Crippen molar-refractivity contribution in [3.63, 3.8) is 0 Å². The minimum absolute atomic E-state index is 0.0905. The van der Waals surface area contributed by atoms with Crippen LogP contribution in [0.5, 0.6) is 0 Å². The number of fused-ring (bicyclic) bond motifs is 1. The van der Waals surface area contributed by atoms with Gasteiger partial charge in [0.15, 0.2) is 0 Å². The van der Waals surface area contributed by atoms with E-state index in [1.165, 1.54) is 24.0 Å². The summed E-state index contributed by atoms with van der Waals surface area (Å²) in [5.74, 6) is 0.711. The quantitative estimate of drug-likeness (QED) is 0.716. The fraction of sp³-hybridized carbons (Fsp3) is 0.517. The molecule has 1 saturated heterocycles. The van der Waals surface area contributed by atoms with E-state index < -0.39 is 0 Å². The van der Waals surface area contributed by atoms with E-state index in [1.54, 1.807) is 0 Å². The van der Waals surface area contributed by atoms with E-state index in [9.17, 15) is 9.59 Å². The van der Waals surface area contributed by atoms with Gasteiger partial charge in [0.25, 0.3) is 5.91 Å². The Balaban J connectivity index is 1.27. The molecule has 1 saturated carbocycles. The van der Waals surface area contributed by atoms with E-state index in [0.717, 1.165) is 56.3 Å². The van der Waals surface area contributed by atoms with Crippen LogP contribution in [-0.4, -0.2) is 53.8 Å². The van der Waals surface area contributed by atoms with Crippen LogP contribution in [0.1, 0.15) is 71.6 Å². The van der Waals surface area contributed by atoms with Crippen LogP contribution in [0.2, 0.25) is 0 Å². The monoisotopic (exact) mass is 459 g/mol. The summed E-state index contributed by atoms with van der Waals surface area (Å²) in [7, 11) is 0. The summed E-state index contributed by atoms with van der Waals surface area (Å²) in [6.45, 7) is 4.86. The topological polar surface area (TPSA) is 52.7 Å². The molecule has 2 aliphatic carbocycles. The zero-order chi connectivity index (χ0) is 23.5. The zero-order valence-electron chi connectivity index (χ0n) is 20.3. The lowest BCUT2D eigenvalue weighted by molar-refractivity contribution is -0.130. The summed E-state index contributed by atoms with van der Waals surface area (Å²) in [6, 6.07) is 16.4. The van der Waals surface area contributed by atoms with Crippen molar-refractivity contribution in [2.24, 2.45) is 5.92 Å². The van der Waals surface area contributed by atoms with Crippen LogP contribution in [0.4, 0.5) is 0 Å². The van der Waals surface area contributed by atoms with Gasteiger partial charge >= 0.3 is 0 Å². The molecule has 0 aromatic heterocycles. The molecule has 2 fully saturated rings. The summed E-state index contributed by atoms with van der Waals surface area (Å²) in [5, 5.41) is 3.46. The van der Waals surface area contributed by atoms with E-state index >= 15 is 0 Å². The molecule has 2 aromatic rings. The van der Waals surface area contributed by atoms with Gasteiger partial charge in [0.05, 0.1) is 12.1 Å². The molecule has 5 nitrogen and oxygen atoms in total. The molecule has 0 radical (unpaired) electrons. The van der Waals surface area contributed by atoms with Crippen LogP contribution < -0.4 is 5.32 Å². The second kappa shape index (κ2) is 10.3. The van der Waals surface area contributed by atoms with Gasteiger partial charge in [0.2, 0.25) is 5.91 Å². The first-order chi connectivity index (χ1) is 16.6. The molecule has 1 aliphatic heterocycles. The average Bonchev–Trinajstić information content (AvgIpc) is 3.39. The van der Waals surface area contributed by atoms with E-state index in [1.807, 2.05) is 36.1 Å². The Morgan fingerprint density at radius 2 is 1.59 bits per heavy atom. The van der Waals surface area contributed by atoms with Crippen molar-refractivity contribution in [2.45, 2.75) is 64.0 Å². The van der Waals surface area contributed by atoms with E-state index in [2.05, 4.69) is 34.5 Å². The predicted molar refractivity (Wildman–Crippen MR) is 135 cm³/mol. The normalized spacial score (nSPS) is 22.3. The van der Waals surface area contributed by atoms with Crippen molar-refractivity contribution < 1.29 is 9.59 Å². The Bertz CT molecular complexity index is 1020. The van der Waals surface area contributed by atoms with Crippen LogP contribution in [0.25, 0.3) is 0 Å². The number of nitrogens with one attached hydrogen (secondary N) is 1. The maximum absolute atomic E-state index is 13.8. The predicted octanol–water partition coefficient (Wildman–Crippen LogP) is 4.51. The molecule has 1 N–H and O–H groups in total. The first kappa shape index (κ1) is 23.1. The Kier molecular flexibility index (Phi) is 7.00. The largest absolute Gasteiger partial charge is 0.348 e. The van der Waals surface area contributed by atoms with Gasteiger partial charge in [-0.2, -0.15) is 0 Å². The molecule has 0 spiro atoms. The second-order valence-electron chi connectivity index (χ2n) is 10.3. The molecule has 1 heterocycles. The molecule has 180 valence electrons. The van der Waals surface area contributed by atoms with Crippen LogP contribution in [0.15, 0.2) is 48.5 Å². The fourth-order valence-corrected chi connectivity index (χ4v) is 6.30. The van der Waals surface area contributed by atoms with Gasteiger partial charge < -0.3 is 10.2 Å². The standard InChI is InChI=1S/C29H37N3O2/c1-21-9-2-6-14-24(21)29(34)32-19-17-31(18-20-32)27(23-11-3-4-12-23)28(33)30-26-16-8-13-22-10-5-7-15-25(22)26/h2,5-7,9-10,14-15,23,26-27H,3-4,8,11-13,16-20H2,1H3,(H,30,33)/t26-,27-/m0/s1. The molecule has 0 unspecified atom stereocenters. The Labute approximate surface area is 203 Å². The third-order valence-electron chi connectivity index (χ3n) is 8.17. The smallest absolute Gasteiger partial charge is 0.254 e. The first-order valence-electron chi connectivity index (χ1n) is 13.1.